The third-order valence-corrected chi connectivity index (χ3v) is 5.40. The van der Waals surface area contributed by atoms with Crippen molar-refractivity contribution < 1.29 is 9.18 Å². The normalized spacial score (nSPS) is 13.0. The number of anilines is 4. The Morgan fingerprint density at radius 3 is 2.97 bits per heavy atom. The fraction of sp³-hybridized carbons (Fsp3) is 0.182. The second-order valence-corrected chi connectivity index (χ2v) is 7.38. The van der Waals surface area contributed by atoms with Crippen molar-refractivity contribution >= 4 is 40.0 Å². The van der Waals surface area contributed by atoms with Crippen LogP contribution in [0.4, 0.5) is 27.5 Å². The number of hydrogen-bond acceptors (Lipinski definition) is 6. The van der Waals surface area contributed by atoms with Crippen LogP contribution in [0.25, 0.3) is 10.9 Å². The van der Waals surface area contributed by atoms with Crippen molar-refractivity contribution in [2.45, 2.75) is 13.5 Å². The van der Waals surface area contributed by atoms with Gasteiger partial charge in [-0.15, -0.1) is 0 Å². The van der Waals surface area contributed by atoms with Gasteiger partial charge in [0.05, 0.1) is 23.6 Å². The zero-order valence-corrected chi connectivity index (χ0v) is 17.1. The van der Waals surface area contributed by atoms with Gasteiger partial charge in [0.15, 0.2) is 11.6 Å². The van der Waals surface area contributed by atoms with E-state index in [9.17, 15) is 9.18 Å². The molecule has 156 valence electrons. The van der Waals surface area contributed by atoms with Gasteiger partial charge in [0.2, 0.25) is 5.95 Å². The lowest BCUT2D eigenvalue weighted by atomic mass is 10.1. The number of fused-ring (bicyclic) bond motifs is 2. The van der Waals surface area contributed by atoms with Gasteiger partial charge < -0.3 is 15.1 Å². The number of hydrogen-bond donors (Lipinski definition) is 2. The Hall–Kier alpha value is -4.01. The number of halogens is 1. The number of amides is 1. The Morgan fingerprint density at radius 1 is 1.26 bits per heavy atom. The van der Waals surface area contributed by atoms with E-state index in [4.69, 9.17) is 0 Å². The molecular weight excluding hydrogens is 397 g/mol. The summed E-state index contributed by atoms with van der Waals surface area (Å²) in [7, 11) is 1.77. The van der Waals surface area contributed by atoms with Crippen LogP contribution in [0.2, 0.25) is 0 Å². The maximum atomic E-state index is 14.8. The van der Waals surface area contributed by atoms with Crippen molar-refractivity contribution in [3.63, 3.8) is 0 Å². The summed E-state index contributed by atoms with van der Waals surface area (Å²) in [6, 6.07) is 11.2. The molecule has 1 amide bonds. The second-order valence-electron chi connectivity index (χ2n) is 7.38. The summed E-state index contributed by atoms with van der Waals surface area (Å²) in [5, 5.41) is 11.0. The molecule has 0 atom stereocenters. The average molecular weight is 417 g/mol. The number of aromatic nitrogens is 4. The monoisotopic (exact) mass is 417 g/mol. The van der Waals surface area contributed by atoms with Crippen LogP contribution in [0, 0.1) is 5.82 Å². The fourth-order valence-corrected chi connectivity index (χ4v) is 3.88. The SMILES string of the molecule is CCN(c1nc(Nc2ccc3c(c2)C(=O)N(C)C3)ncc1F)c1cccc2[nH]ncc12. The van der Waals surface area contributed by atoms with Gasteiger partial charge in [-0.3, -0.25) is 9.89 Å². The predicted molar refractivity (Wildman–Crippen MR) is 116 cm³/mol. The van der Waals surface area contributed by atoms with E-state index < -0.39 is 5.82 Å². The minimum absolute atomic E-state index is 0.0234. The number of benzene rings is 2. The van der Waals surface area contributed by atoms with Gasteiger partial charge in [-0.2, -0.15) is 10.1 Å². The summed E-state index contributed by atoms with van der Waals surface area (Å²) in [5.41, 5.74) is 3.95. The van der Waals surface area contributed by atoms with Gasteiger partial charge in [-0.1, -0.05) is 12.1 Å². The van der Waals surface area contributed by atoms with E-state index in [0.717, 1.165) is 28.4 Å². The molecule has 0 spiro atoms. The summed E-state index contributed by atoms with van der Waals surface area (Å²) in [5.74, 6) is -0.151. The zero-order chi connectivity index (χ0) is 21.5. The highest BCUT2D eigenvalue weighted by Gasteiger charge is 2.24. The van der Waals surface area contributed by atoms with E-state index in [1.165, 1.54) is 0 Å². The molecule has 4 aromatic rings. The number of carbonyl (C=O) groups is 1. The van der Waals surface area contributed by atoms with Crippen molar-refractivity contribution in [2.24, 2.45) is 0 Å². The van der Waals surface area contributed by atoms with Crippen LogP contribution in [-0.2, 0) is 6.54 Å². The van der Waals surface area contributed by atoms with Crippen LogP contribution in [0.5, 0.6) is 0 Å². The van der Waals surface area contributed by atoms with Crippen molar-refractivity contribution in [2.75, 3.05) is 23.8 Å². The van der Waals surface area contributed by atoms with Gasteiger partial charge in [0, 0.05) is 36.8 Å². The minimum Gasteiger partial charge on any atom is -0.337 e. The molecule has 2 aromatic heterocycles. The summed E-state index contributed by atoms with van der Waals surface area (Å²) < 4.78 is 14.8. The van der Waals surface area contributed by atoms with Gasteiger partial charge in [0.1, 0.15) is 0 Å². The molecule has 2 N–H and O–H groups in total. The van der Waals surface area contributed by atoms with Crippen molar-refractivity contribution in [1.29, 1.82) is 0 Å². The molecule has 0 fully saturated rings. The molecule has 0 bridgehead atoms. The first kappa shape index (κ1) is 19.0. The van der Waals surface area contributed by atoms with Crippen LogP contribution >= 0.6 is 0 Å². The molecule has 8 nitrogen and oxygen atoms in total. The van der Waals surface area contributed by atoms with E-state index in [2.05, 4.69) is 25.5 Å². The van der Waals surface area contributed by atoms with Crippen LogP contribution in [0.1, 0.15) is 22.8 Å². The van der Waals surface area contributed by atoms with E-state index in [0.29, 0.717) is 24.3 Å². The van der Waals surface area contributed by atoms with E-state index in [-0.39, 0.29) is 17.7 Å². The molecule has 9 heteroatoms. The van der Waals surface area contributed by atoms with Gasteiger partial charge >= 0.3 is 0 Å². The minimum atomic E-state index is -0.529. The van der Waals surface area contributed by atoms with Crippen molar-refractivity contribution in [3.05, 3.63) is 65.7 Å². The highest BCUT2D eigenvalue weighted by Crippen LogP contribution is 2.32. The van der Waals surface area contributed by atoms with Crippen molar-refractivity contribution in [3.8, 4) is 0 Å². The summed E-state index contributed by atoms with van der Waals surface area (Å²) in [6.07, 6.45) is 2.86. The van der Waals surface area contributed by atoms with Gasteiger partial charge in [-0.05, 0) is 36.8 Å². The zero-order valence-electron chi connectivity index (χ0n) is 17.1. The first-order valence-corrected chi connectivity index (χ1v) is 9.92. The highest BCUT2D eigenvalue weighted by molar-refractivity contribution is 5.99. The molecule has 31 heavy (non-hydrogen) atoms. The first-order valence-electron chi connectivity index (χ1n) is 9.92. The molecular formula is C22H20FN7O. The van der Waals surface area contributed by atoms with Gasteiger partial charge in [-0.25, -0.2) is 9.37 Å². The average Bonchev–Trinajstić information content (AvgIpc) is 3.36. The number of H-pyrrole nitrogens is 1. The molecule has 1 aliphatic heterocycles. The maximum absolute atomic E-state index is 14.8. The smallest absolute Gasteiger partial charge is 0.254 e. The summed E-state index contributed by atoms with van der Waals surface area (Å²) >= 11 is 0. The van der Waals surface area contributed by atoms with Crippen LogP contribution in [0.3, 0.4) is 0 Å². The van der Waals surface area contributed by atoms with Crippen LogP contribution in [-0.4, -0.2) is 44.6 Å². The van der Waals surface area contributed by atoms with Crippen LogP contribution < -0.4 is 10.2 Å². The molecule has 0 radical (unpaired) electrons. The fourth-order valence-electron chi connectivity index (χ4n) is 3.88. The number of carbonyl (C=O) groups excluding carboxylic acids is 1. The molecule has 1 aliphatic rings. The topological polar surface area (TPSA) is 90.0 Å². The maximum Gasteiger partial charge on any atom is 0.254 e. The Labute approximate surface area is 177 Å². The number of rotatable bonds is 5. The Bertz CT molecular complexity index is 1300. The Morgan fingerprint density at radius 2 is 2.13 bits per heavy atom. The van der Waals surface area contributed by atoms with Crippen LogP contribution in [0.15, 0.2) is 48.8 Å². The molecule has 2 aromatic carbocycles. The number of nitrogens with one attached hydrogen (secondary N) is 2. The third-order valence-electron chi connectivity index (χ3n) is 5.40. The van der Waals surface area contributed by atoms with Gasteiger partial charge in [0.25, 0.3) is 5.91 Å². The highest BCUT2D eigenvalue weighted by atomic mass is 19.1. The summed E-state index contributed by atoms with van der Waals surface area (Å²) in [6.45, 7) is 3.02. The Balaban J connectivity index is 1.50. The lowest BCUT2D eigenvalue weighted by Crippen LogP contribution is -2.20. The lowest BCUT2D eigenvalue weighted by molar-refractivity contribution is 0.0816. The lowest BCUT2D eigenvalue weighted by Gasteiger charge is -2.23. The van der Waals surface area contributed by atoms with E-state index in [1.54, 1.807) is 29.1 Å². The van der Waals surface area contributed by atoms with Crippen molar-refractivity contribution in [1.82, 2.24) is 25.1 Å². The molecule has 0 saturated heterocycles. The predicted octanol–water partition coefficient (Wildman–Crippen LogP) is 3.98. The number of nitrogens with zero attached hydrogens (tertiary/aromatic N) is 5. The number of aromatic amines is 1. The first-order chi connectivity index (χ1) is 15.0. The molecule has 5 rings (SSSR count). The van der Waals surface area contributed by atoms with E-state index in [1.807, 2.05) is 37.3 Å². The molecule has 0 aliphatic carbocycles. The molecule has 3 heterocycles. The summed E-state index contributed by atoms with van der Waals surface area (Å²) in [4.78, 5) is 24.2. The van der Waals surface area contributed by atoms with E-state index >= 15 is 0 Å². The third kappa shape index (κ3) is 3.24. The Kier molecular flexibility index (Phi) is 4.50. The molecule has 0 unspecified atom stereocenters. The molecule has 0 saturated carbocycles. The largest absolute Gasteiger partial charge is 0.337 e. The second kappa shape index (κ2) is 7.35. The standard InChI is InChI=1S/C22H20FN7O/c1-3-30(19-6-4-5-18-16(19)10-25-28-18)20-17(23)11-24-22(27-20)26-14-8-7-13-12-29(2)21(31)15(13)9-14/h4-11H,3,12H2,1-2H3,(H,25,28)(H,24,26,27). The quantitative estimate of drug-likeness (QED) is 0.511.